The second kappa shape index (κ2) is 6.75. The smallest absolute Gasteiger partial charge is 0.344 e. The van der Waals surface area contributed by atoms with Gasteiger partial charge in [0.1, 0.15) is 12.6 Å². The molecule has 0 amide bonds. The first-order chi connectivity index (χ1) is 6.24. The molecule has 0 aliphatic heterocycles. The number of ether oxygens (including phenoxy) is 1. The van der Waals surface area contributed by atoms with E-state index >= 15 is 0 Å². The minimum absolute atomic E-state index is 0. The zero-order valence-electron chi connectivity index (χ0n) is 8.37. The highest BCUT2D eigenvalue weighted by molar-refractivity contribution is 5.88. The van der Waals surface area contributed by atoms with Gasteiger partial charge in [0.2, 0.25) is 0 Å². The normalized spacial score (nSPS) is 9.00. The largest absolute Gasteiger partial charge is 1.00 e. The highest BCUT2D eigenvalue weighted by atomic mass is 127. The van der Waals surface area contributed by atoms with E-state index in [0.29, 0.717) is 12.2 Å². The highest BCUT2D eigenvalue weighted by Gasteiger charge is 2.09. The van der Waals surface area contributed by atoms with Crippen molar-refractivity contribution in [2.45, 2.75) is 13.3 Å². The molecule has 0 saturated carbocycles. The van der Waals surface area contributed by atoms with Gasteiger partial charge in [-0.2, -0.15) is 0 Å². The zero-order valence-corrected chi connectivity index (χ0v) is 10.5. The molecule has 1 heterocycles. The number of rotatable bonds is 3. The molecule has 0 aliphatic carbocycles. The summed E-state index contributed by atoms with van der Waals surface area (Å²) < 4.78 is 6.80. The maximum absolute atomic E-state index is 11.3. The van der Waals surface area contributed by atoms with Crippen molar-refractivity contribution >= 4 is 5.97 Å². The van der Waals surface area contributed by atoms with E-state index in [1.165, 1.54) is 0 Å². The standard InChI is InChI=1S/C10H14NO2.HI/c1-3-7-13-10(12)9-5-4-6-11(2)8-9;/h4-6,8H,3,7H2,1-2H3;1H/q+1;/p-1. The second-order valence-electron chi connectivity index (χ2n) is 2.89. The molecule has 4 heteroatoms. The molecule has 0 fully saturated rings. The number of nitrogens with zero attached hydrogens (tertiary/aromatic N) is 1. The Morgan fingerprint density at radius 3 is 2.86 bits per heavy atom. The zero-order chi connectivity index (χ0) is 9.68. The molecule has 0 atom stereocenters. The van der Waals surface area contributed by atoms with Crippen LogP contribution in [-0.4, -0.2) is 12.6 Å². The lowest BCUT2D eigenvalue weighted by Gasteiger charge is -2.00. The first-order valence-corrected chi connectivity index (χ1v) is 4.36. The lowest BCUT2D eigenvalue weighted by molar-refractivity contribution is -0.671. The van der Waals surface area contributed by atoms with Gasteiger partial charge in [-0.1, -0.05) is 6.92 Å². The van der Waals surface area contributed by atoms with Crippen molar-refractivity contribution < 1.29 is 38.1 Å². The average molecular weight is 307 g/mol. The molecule has 14 heavy (non-hydrogen) atoms. The van der Waals surface area contributed by atoms with Crippen LogP contribution in [0.15, 0.2) is 24.5 Å². The van der Waals surface area contributed by atoms with Gasteiger partial charge in [0.05, 0.1) is 6.61 Å². The molecule has 0 N–H and O–H groups in total. The van der Waals surface area contributed by atoms with Crippen LogP contribution >= 0.6 is 0 Å². The molecule has 1 rings (SSSR count). The van der Waals surface area contributed by atoms with Crippen molar-refractivity contribution in [1.82, 2.24) is 0 Å². The molecule has 0 bridgehead atoms. The number of aryl methyl sites for hydroxylation is 1. The Balaban J connectivity index is 0.00000169. The van der Waals surface area contributed by atoms with E-state index in [0.717, 1.165) is 6.42 Å². The lowest BCUT2D eigenvalue weighted by atomic mass is 10.3. The van der Waals surface area contributed by atoms with Crippen molar-refractivity contribution in [1.29, 1.82) is 0 Å². The van der Waals surface area contributed by atoms with Gasteiger partial charge >= 0.3 is 5.97 Å². The van der Waals surface area contributed by atoms with Gasteiger partial charge in [-0.15, -0.1) is 0 Å². The molecule has 0 aromatic carbocycles. The van der Waals surface area contributed by atoms with Crippen LogP contribution in [0.1, 0.15) is 23.7 Å². The molecule has 0 radical (unpaired) electrons. The summed E-state index contributed by atoms with van der Waals surface area (Å²) in [6, 6.07) is 3.57. The number of hydrogen-bond acceptors (Lipinski definition) is 2. The molecular formula is C10H14INO2. The minimum atomic E-state index is -0.252. The molecule has 0 saturated heterocycles. The Hall–Kier alpha value is -0.650. The first kappa shape index (κ1) is 13.4. The third kappa shape index (κ3) is 4.04. The number of aromatic nitrogens is 1. The summed E-state index contributed by atoms with van der Waals surface area (Å²) >= 11 is 0. The van der Waals surface area contributed by atoms with Crippen LogP contribution in [0, 0.1) is 0 Å². The Morgan fingerprint density at radius 1 is 1.57 bits per heavy atom. The van der Waals surface area contributed by atoms with Gasteiger partial charge in [-0.25, -0.2) is 9.36 Å². The summed E-state index contributed by atoms with van der Waals surface area (Å²) in [7, 11) is 1.87. The monoisotopic (exact) mass is 307 g/mol. The molecule has 1 aromatic heterocycles. The average Bonchev–Trinajstić information content (AvgIpc) is 2.14. The number of esters is 1. The first-order valence-electron chi connectivity index (χ1n) is 4.36. The van der Waals surface area contributed by atoms with Crippen molar-refractivity contribution in [2.75, 3.05) is 6.61 Å². The van der Waals surface area contributed by atoms with Crippen LogP contribution in [-0.2, 0) is 11.8 Å². The van der Waals surface area contributed by atoms with E-state index in [-0.39, 0.29) is 29.9 Å². The molecule has 3 nitrogen and oxygen atoms in total. The summed E-state index contributed by atoms with van der Waals surface area (Å²) in [4.78, 5) is 11.3. The predicted octanol–water partition coefficient (Wildman–Crippen LogP) is -1.92. The van der Waals surface area contributed by atoms with Gasteiger partial charge in [0.25, 0.3) is 0 Å². The van der Waals surface area contributed by atoms with Crippen LogP contribution < -0.4 is 28.5 Å². The lowest BCUT2D eigenvalue weighted by Crippen LogP contribution is -3.00. The van der Waals surface area contributed by atoms with Crippen LogP contribution in [0.2, 0.25) is 0 Å². The van der Waals surface area contributed by atoms with Crippen molar-refractivity contribution in [3.05, 3.63) is 30.1 Å². The fourth-order valence-electron chi connectivity index (χ4n) is 0.987. The highest BCUT2D eigenvalue weighted by Crippen LogP contribution is 1.97. The minimum Gasteiger partial charge on any atom is -1.00 e. The van der Waals surface area contributed by atoms with E-state index in [9.17, 15) is 4.79 Å². The van der Waals surface area contributed by atoms with Crippen LogP contribution in [0.25, 0.3) is 0 Å². The maximum Gasteiger partial charge on any atom is 0.344 e. The van der Waals surface area contributed by atoms with Gasteiger partial charge in [-0.3, -0.25) is 0 Å². The molecule has 0 aliphatic rings. The van der Waals surface area contributed by atoms with Gasteiger partial charge < -0.3 is 28.7 Å². The SMILES string of the molecule is CCCOC(=O)c1ccc[n+](C)c1.[I-]. The van der Waals surface area contributed by atoms with Gasteiger partial charge in [-0.05, 0) is 12.5 Å². The van der Waals surface area contributed by atoms with Crippen molar-refractivity contribution in [2.24, 2.45) is 7.05 Å². The Morgan fingerprint density at radius 2 is 2.29 bits per heavy atom. The molecular weight excluding hydrogens is 293 g/mol. The third-order valence-electron chi connectivity index (χ3n) is 1.61. The topological polar surface area (TPSA) is 30.2 Å². The van der Waals surface area contributed by atoms with E-state index in [2.05, 4.69) is 0 Å². The summed E-state index contributed by atoms with van der Waals surface area (Å²) in [6.07, 6.45) is 4.47. The van der Waals surface area contributed by atoms with Crippen LogP contribution in [0.4, 0.5) is 0 Å². The molecule has 0 spiro atoms. The summed E-state index contributed by atoms with van der Waals surface area (Å²) in [5.74, 6) is -0.252. The second-order valence-corrected chi connectivity index (χ2v) is 2.89. The summed E-state index contributed by atoms with van der Waals surface area (Å²) in [5, 5.41) is 0. The quantitative estimate of drug-likeness (QED) is 0.370. The number of hydrogen-bond donors (Lipinski definition) is 0. The Kier molecular flexibility index (Phi) is 6.44. The predicted molar refractivity (Wildman–Crippen MR) is 48.2 cm³/mol. The van der Waals surface area contributed by atoms with Crippen molar-refractivity contribution in [3.8, 4) is 0 Å². The van der Waals surface area contributed by atoms with E-state index in [1.807, 2.05) is 30.8 Å². The van der Waals surface area contributed by atoms with Crippen LogP contribution in [0.5, 0.6) is 0 Å². The van der Waals surface area contributed by atoms with E-state index < -0.39 is 0 Å². The third-order valence-corrected chi connectivity index (χ3v) is 1.61. The summed E-state index contributed by atoms with van der Waals surface area (Å²) in [5.41, 5.74) is 0.596. The number of carbonyl (C=O) groups is 1. The fourth-order valence-corrected chi connectivity index (χ4v) is 0.987. The molecule has 1 aromatic rings. The summed E-state index contributed by atoms with van der Waals surface area (Å²) in [6.45, 7) is 2.45. The number of carbonyl (C=O) groups excluding carboxylic acids is 1. The number of halogens is 1. The Bertz CT molecular complexity index is 302. The van der Waals surface area contributed by atoms with Crippen molar-refractivity contribution in [3.63, 3.8) is 0 Å². The van der Waals surface area contributed by atoms with E-state index in [4.69, 9.17) is 4.74 Å². The molecule has 78 valence electrons. The molecule has 0 unspecified atom stereocenters. The number of pyridine rings is 1. The van der Waals surface area contributed by atoms with E-state index in [1.54, 1.807) is 12.3 Å². The fraction of sp³-hybridized carbons (Fsp3) is 0.400. The van der Waals surface area contributed by atoms with Gasteiger partial charge in [0, 0.05) is 6.07 Å². The Labute approximate surface area is 101 Å². The van der Waals surface area contributed by atoms with Crippen LogP contribution in [0.3, 0.4) is 0 Å². The maximum atomic E-state index is 11.3. The van der Waals surface area contributed by atoms with Gasteiger partial charge in [0.15, 0.2) is 12.4 Å².